The van der Waals surface area contributed by atoms with E-state index in [1.54, 1.807) is 12.1 Å². The highest BCUT2D eigenvalue weighted by atomic mass is 35.5. The first-order chi connectivity index (χ1) is 12.0. The molecule has 0 aliphatic carbocycles. The van der Waals surface area contributed by atoms with E-state index in [2.05, 4.69) is 9.97 Å². The highest BCUT2D eigenvalue weighted by Crippen LogP contribution is 2.41. The molecule has 0 spiro atoms. The predicted molar refractivity (Wildman–Crippen MR) is 98.0 cm³/mol. The molecule has 0 atom stereocenters. The zero-order chi connectivity index (χ0) is 18.0. The van der Waals surface area contributed by atoms with E-state index in [1.165, 1.54) is 30.0 Å². The zero-order valence-electron chi connectivity index (χ0n) is 12.9. The molecule has 130 valence electrons. The average Bonchev–Trinajstić information content (AvgIpc) is 2.57. The van der Waals surface area contributed by atoms with Crippen LogP contribution in [0.25, 0.3) is 22.0 Å². The molecule has 3 aromatic rings. The van der Waals surface area contributed by atoms with Crippen LogP contribution in [-0.2, 0) is 0 Å². The van der Waals surface area contributed by atoms with E-state index >= 15 is 0 Å². The fourth-order valence-corrected chi connectivity index (χ4v) is 4.04. The van der Waals surface area contributed by atoms with Gasteiger partial charge in [0.1, 0.15) is 5.82 Å². The Balaban J connectivity index is 2.32. The Labute approximate surface area is 150 Å². The minimum Gasteiger partial charge on any atom is -0.396 e. The van der Waals surface area contributed by atoms with Crippen LogP contribution in [0, 0.1) is 5.82 Å². The number of hydrogen-bond acceptors (Lipinski definition) is 4. The van der Waals surface area contributed by atoms with E-state index < -0.39 is 11.2 Å². The van der Waals surface area contributed by atoms with Crippen molar-refractivity contribution in [1.82, 2.24) is 9.97 Å². The van der Waals surface area contributed by atoms with Crippen molar-refractivity contribution in [2.24, 2.45) is 0 Å². The van der Waals surface area contributed by atoms with Crippen LogP contribution in [0.2, 0.25) is 5.02 Å². The smallest absolute Gasteiger partial charge is 0.326 e. The number of aliphatic hydroxyl groups is 1. The lowest BCUT2D eigenvalue weighted by molar-refractivity contribution is 0.296. The molecule has 0 bridgehead atoms. The normalized spacial score (nSPS) is 11.2. The predicted octanol–water partition coefficient (Wildman–Crippen LogP) is 3.15. The molecule has 0 saturated carbocycles. The van der Waals surface area contributed by atoms with Crippen molar-refractivity contribution < 1.29 is 9.50 Å². The van der Waals surface area contributed by atoms with Gasteiger partial charge in [0.05, 0.1) is 15.9 Å². The second-order valence-corrected chi connectivity index (χ2v) is 6.84. The number of H-pyrrole nitrogens is 2. The summed E-state index contributed by atoms with van der Waals surface area (Å²) < 4.78 is 13.3. The lowest BCUT2D eigenvalue weighted by atomic mass is 10.0. The number of halogens is 2. The summed E-state index contributed by atoms with van der Waals surface area (Å²) in [4.78, 5) is 29.3. The molecule has 0 saturated heterocycles. The van der Waals surface area contributed by atoms with E-state index in [9.17, 15) is 14.0 Å². The number of aliphatic hydroxyl groups excluding tert-OH is 1. The monoisotopic (exact) mass is 380 g/mol. The molecule has 0 aliphatic heterocycles. The van der Waals surface area contributed by atoms with Crippen molar-refractivity contribution in [3.05, 3.63) is 62.0 Å². The fraction of sp³-hybridized carbons (Fsp3) is 0.176. The third-order valence-corrected chi connectivity index (χ3v) is 5.11. The van der Waals surface area contributed by atoms with E-state index in [-0.39, 0.29) is 17.8 Å². The first-order valence-corrected chi connectivity index (χ1v) is 8.86. The van der Waals surface area contributed by atoms with Crippen molar-refractivity contribution in [3.63, 3.8) is 0 Å². The van der Waals surface area contributed by atoms with Crippen LogP contribution in [0.15, 0.2) is 44.8 Å². The fourth-order valence-electron chi connectivity index (χ4n) is 2.51. The standard InChI is InChI=1S/C17H14ClFN2O3S/c18-12-8-11-14(20-17(24)21-16(11)23)15(25-7-1-6-22)13(12)9-2-4-10(19)5-3-9/h2-5,8,22H,1,6-7H2,(H2,20,21,23,24). The van der Waals surface area contributed by atoms with Crippen molar-refractivity contribution in [1.29, 1.82) is 0 Å². The van der Waals surface area contributed by atoms with Crippen LogP contribution in [-0.4, -0.2) is 27.4 Å². The molecule has 0 radical (unpaired) electrons. The third-order valence-electron chi connectivity index (χ3n) is 3.63. The maximum atomic E-state index is 13.3. The van der Waals surface area contributed by atoms with Crippen LogP contribution in [0.5, 0.6) is 0 Å². The molecule has 0 aliphatic rings. The summed E-state index contributed by atoms with van der Waals surface area (Å²) in [5, 5.41) is 9.61. The summed E-state index contributed by atoms with van der Waals surface area (Å²) in [7, 11) is 0. The topological polar surface area (TPSA) is 85.9 Å². The number of rotatable bonds is 5. The van der Waals surface area contributed by atoms with Gasteiger partial charge < -0.3 is 10.1 Å². The number of hydrogen-bond donors (Lipinski definition) is 3. The molecular weight excluding hydrogens is 367 g/mol. The van der Waals surface area contributed by atoms with E-state index in [4.69, 9.17) is 16.7 Å². The average molecular weight is 381 g/mol. The van der Waals surface area contributed by atoms with Gasteiger partial charge in [-0.15, -0.1) is 11.8 Å². The number of nitrogens with one attached hydrogen (secondary N) is 2. The maximum Gasteiger partial charge on any atom is 0.326 e. The molecule has 25 heavy (non-hydrogen) atoms. The van der Waals surface area contributed by atoms with Gasteiger partial charge in [-0.2, -0.15) is 0 Å². The number of aromatic amines is 2. The summed E-state index contributed by atoms with van der Waals surface area (Å²) in [5.74, 6) is 0.189. The van der Waals surface area contributed by atoms with Crippen LogP contribution in [0.3, 0.4) is 0 Å². The summed E-state index contributed by atoms with van der Waals surface area (Å²) in [6.45, 7) is 0.0223. The number of thioether (sulfide) groups is 1. The Kier molecular flexibility index (Phi) is 5.27. The second-order valence-electron chi connectivity index (χ2n) is 5.33. The van der Waals surface area contributed by atoms with Gasteiger partial charge in [0.25, 0.3) is 5.56 Å². The van der Waals surface area contributed by atoms with Gasteiger partial charge >= 0.3 is 5.69 Å². The molecule has 3 N–H and O–H groups in total. The summed E-state index contributed by atoms with van der Waals surface area (Å²) in [6.07, 6.45) is 0.537. The minimum atomic E-state index is -0.617. The van der Waals surface area contributed by atoms with Gasteiger partial charge in [0.2, 0.25) is 0 Å². The first kappa shape index (κ1) is 17.7. The number of aromatic nitrogens is 2. The molecule has 1 heterocycles. The summed E-state index contributed by atoms with van der Waals surface area (Å²) in [6, 6.07) is 7.30. The second kappa shape index (κ2) is 7.43. The zero-order valence-corrected chi connectivity index (χ0v) is 14.5. The number of fused-ring (bicyclic) bond motifs is 1. The number of benzene rings is 2. The van der Waals surface area contributed by atoms with Crippen molar-refractivity contribution >= 4 is 34.3 Å². The molecular formula is C17H14ClFN2O3S. The highest BCUT2D eigenvalue weighted by Gasteiger charge is 2.17. The summed E-state index contributed by atoms with van der Waals surface area (Å²) >= 11 is 7.78. The van der Waals surface area contributed by atoms with Crippen molar-refractivity contribution in [3.8, 4) is 11.1 Å². The van der Waals surface area contributed by atoms with Crippen molar-refractivity contribution in [2.45, 2.75) is 11.3 Å². The van der Waals surface area contributed by atoms with Gasteiger partial charge in [-0.25, -0.2) is 9.18 Å². The Morgan fingerprint density at radius 3 is 2.56 bits per heavy atom. The van der Waals surface area contributed by atoms with Crippen LogP contribution in [0.4, 0.5) is 4.39 Å². The molecule has 5 nitrogen and oxygen atoms in total. The van der Waals surface area contributed by atoms with E-state index in [0.29, 0.717) is 38.7 Å². The molecule has 2 aromatic carbocycles. The lowest BCUT2D eigenvalue weighted by Gasteiger charge is -2.14. The highest BCUT2D eigenvalue weighted by molar-refractivity contribution is 7.99. The first-order valence-electron chi connectivity index (χ1n) is 7.49. The van der Waals surface area contributed by atoms with E-state index in [1.807, 2.05) is 0 Å². The SMILES string of the molecule is O=c1[nH]c(=O)c2cc(Cl)c(-c3ccc(F)cc3)c(SCCCO)c2[nH]1. The van der Waals surface area contributed by atoms with Crippen LogP contribution >= 0.6 is 23.4 Å². The Morgan fingerprint density at radius 2 is 1.88 bits per heavy atom. The van der Waals surface area contributed by atoms with Gasteiger partial charge in [0, 0.05) is 22.8 Å². The van der Waals surface area contributed by atoms with Gasteiger partial charge in [-0.05, 0) is 30.2 Å². The van der Waals surface area contributed by atoms with Crippen LogP contribution in [0.1, 0.15) is 6.42 Å². The third kappa shape index (κ3) is 3.63. The Hall–Kier alpha value is -2.09. The molecule has 3 rings (SSSR count). The van der Waals surface area contributed by atoms with Gasteiger partial charge in [-0.1, -0.05) is 23.7 Å². The van der Waals surface area contributed by atoms with E-state index in [0.717, 1.165) is 0 Å². The minimum absolute atomic E-state index is 0.0223. The molecule has 0 unspecified atom stereocenters. The summed E-state index contributed by atoms with van der Waals surface area (Å²) in [5.41, 5.74) is 0.504. The maximum absolute atomic E-state index is 13.3. The molecule has 1 aromatic heterocycles. The molecule has 0 amide bonds. The van der Waals surface area contributed by atoms with Gasteiger partial charge in [-0.3, -0.25) is 9.78 Å². The lowest BCUT2D eigenvalue weighted by Crippen LogP contribution is -2.22. The molecule has 8 heteroatoms. The quantitative estimate of drug-likeness (QED) is 0.469. The Morgan fingerprint density at radius 1 is 1.16 bits per heavy atom. The van der Waals surface area contributed by atoms with Crippen molar-refractivity contribution in [2.75, 3.05) is 12.4 Å². The largest absolute Gasteiger partial charge is 0.396 e. The Bertz CT molecular complexity index is 1030. The van der Waals surface area contributed by atoms with Crippen LogP contribution < -0.4 is 11.2 Å². The van der Waals surface area contributed by atoms with Gasteiger partial charge in [0.15, 0.2) is 0 Å². The molecule has 0 fully saturated rings.